The van der Waals surface area contributed by atoms with Crippen LogP contribution in [0.2, 0.25) is 0 Å². The predicted molar refractivity (Wildman–Crippen MR) is 117 cm³/mol. The molecule has 4 rings (SSSR count). The third-order valence-electron chi connectivity index (χ3n) is 4.84. The van der Waals surface area contributed by atoms with Crippen LogP contribution in [0.5, 0.6) is 0 Å². The minimum Gasteiger partial charge on any atom is -0.377 e. The first-order valence-corrected chi connectivity index (χ1v) is 9.25. The Morgan fingerprint density at radius 3 is 1.41 bits per heavy atom. The van der Waals surface area contributed by atoms with Gasteiger partial charge in [-0.05, 0) is 52.1 Å². The highest BCUT2D eigenvalue weighted by molar-refractivity contribution is 5.86. The van der Waals surface area contributed by atoms with Crippen molar-refractivity contribution in [2.75, 3.05) is 19.0 Å². The average molecular weight is 349 g/mol. The van der Waals surface area contributed by atoms with Gasteiger partial charge in [-0.3, -0.25) is 0 Å². The SMILES string of the molecule is CN(C)c1ccccc1-c1cc(-c2ccccc2)cc(-c2ccccc2)c1. The van der Waals surface area contributed by atoms with Crippen LogP contribution >= 0.6 is 0 Å². The molecule has 1 nitrogen and oxygen atoms in total. The van der Waals surface area contributed by atoms with Crippen molar-refractivity contribution in [2.24, 2.45) is 0 Å². The summed E-state index contributed by atoms with van der Waals surface area (Å²) in [6.07, 6.45) is 0. The van der Waals surface area contributed by atoms with Crippen LogP contribution in [0, 0.1) is 0 Å². The molecule has 0 aliphatic rings. The molecule has 0 atom stereocenters. The summed E-state index contributed by atoms with van der Waals surface area (Å²) < 4.78 is 0. The summed E-state index contributed by atoms with van der Waals surface area (Å²) in [5.41, 5.74) is 8.65. The zero-order chi connectivity index (χ0) is 18.6. The quantitative estimate of drug-likeness (QED) is 0.394. The third-order valence-corrected chi connectivity index (χ3v) is 4.84. The van der Waals surface area contributed by atoms with Gasteiger partial charge in [-0.25, -0.2) is 0 Å². The fraction of sp³-hybridized carbons (Fsp3) is 0.0769. The Hall–Kier alpha value is -3.32. The largest absolute Gasteiger partial charge is 0.377 e. The van der Waals surface area contributed by atoms with Crippen LogP contribution in [0.15, 0.2) is 103 Å². The predicted octanol–water partition coefficient (Wildman–Crippen LogP) is 6.75. The first-order chi connectivity index (χ1) is 13.2. The number of nitrogens with zero attached hydrogens (tertiary/aromatic N) is 1. The monoisotopic (exact) mass is 349 g/mol. The van der Waals surface area contributed by atoms with E-state index < -0.39 is 0 Å². The van der Waals surface area contributed by atoms with Gasteiger partial charge < -0.3 is 4.90 Å². The van der Waals surface area contributed by atoms with Crippen LogP contribution in [0.25, 0.3) is 33.4 Å². The lowest BCUT2D eigenvalue weighted by Crippen LogP contribution is -2.09. The van der Waals surface area contributed by atoms with Gasteiger partial charge in [-0.1, -0.05) is 78.9 Å². The Kier molecular flexibility index (Phi) is 4.76. The molecule has 0 saturated carbocycles. The number of hydrogen-bond donors (Lipinski definition) is 0. The zero-order valence-electron chi connectivity index (χ0n) is 15.8. The van der Waals surface area contributed by atoms with Crippen molar-refractivity contribution >= 4 is 5.69 Å². The van der Waals surface area contributed by atoms with Gasteiger partial charge in [-0.2, -0.15) is 0 Å². The summed E-state index contributed by atoms with van der Waals surface area (Å²) in [6.45, 7) is 0. The van der Waals surface area contributed by atoms with Crippen LogP contribution in [0.1, 0.15) is 0 Å². The molecule has 0 amide bonds. The van der Waals surface area contributed by atoms with Crippen molar-refractivity contribution in [3.05, 3.63) is 103 Å². The molecule has 4 aromatic carbocycles. The zero-order valence-corrected chi connectivity index (χ0v) is 15.8. The van der Waals surface area contributed by atoms with Crippen LogP contribution in [-0.2, 0) is 0 Å². The maximum Gasteiger partial charge on any atom is 0.0440 e. The van der Waals surface area contributed by atoms with Crippen molar-refractivity contribution in [2.45, 2.75) is 0 Å². The van der Waals surface area contributed by atoms with E-state index in [9.17, 15) is 0 Å². The van der Waals surface area contributed by atoms with Crippen LogP contribution in [0.3, 0.4) is 0 Å². The van der Waals surface area contributed by atoms with E-state index in [2.05, 4.69) is 122 Å². The summed E-state index contributed by atoms with van der Waals surface area (Å²) in [7, 11) is 4.19. The third kappa shape index (κ3) is 3.63. The van der Waals surface area contributed by atoms with Gasteiger partial charge in [0.15, 0.2) is 0 Å². The molecule has 0 radical (unpaired) electrons. The van der Waals surface area contributed by atoms with Crippen LogP contribution in [0.4, 0.5) is 5.69 Å². The molecule has 1 heteroatoms. The average Bonchev–Trinajstić information content (AvgIpc) is 2.74. The fourth-order valence-corrected chi connectivity index (χ4v) is 3.49. The molecule has 0 aliphatic heterocycles. The number of benzene rings is 4. The second-order valence-electron chi connectivity index (χ2n) is 6.94. The smallest absolute Gasteiger partial charge is 0.0440 e. The lowest BCUT2D eigenvalue weighted by Gasteiger charge is -2.19. The topological polar surface area (TPSA) is 3.24 Å². The normalized spacial score (nSPS) is 10.6. The van der Waals surface area contributed by atoms with E-state index in [1.807, 2.05) is 0 Å². The van der Waals surface area contributed by atoms with E-state index in [-0.39, 0.29) is 0 Å². The highest BCUT2D eigenvalue weighted by atomic mass is 15.1. The van der Waals surface area contributed by atoms with Gasteiger partial charge in [0.2, 0.25) is 0 Å². The molecule has 0 saturated heterocycles. The molecule has 0 bridgehead atoms. The minimum absolute atomic E-state index is 1.22. The van der Waals surface area contributed by atoms with Crippen LogP contribution < -0.4 is 4.90 Å². The Balaban J connectivity index is 1.95. The Morgan fingerprint density at radius 2 is 0.889 bits per heavy atom. The van der Waals surface area contributed by atoms with Crippen molar-refractivity contribution in [3.8, 4) is 33.4 Å². The fourth-order valence-electron chi connectivity index (χ4n) is 3.49. The number of hydrogen-bond acceptors (Lipinski definition) is 1. The molecule has 0 aromatic heterocycles. The number of rotatable bonds is 4. The Labute approximate surface area is 161 Å². The van der Waals surface area contributed by atoms with Gasteiger partial charge in [-0.15, -0.1) is 0 Å². The van der Waals surface area contributed by atoms with E-state index in [1.165, 1.54) is 39.1 Å². The van der Waals surface area contributed by atoms with Crippen molar-refractivity contribution < 1.29 is 0 Å². The molecule has 27 heavy (non-hydrogen) atoms. The summed E-state index contributed by atoms with van der Waals surface area (Å²) in [4.78, 5) is 2.17. The molecule has 0 heterocycles. The number of para-hydroxylation sites is 1. The maximum absolute atomic E-state index is 2.30. The first kappa shape index (κ1) is 17.1. The van der Waals surface area contributed by atoms with Gasteiger partial charge in [0.25, 0.3) is 0 Å². The van der Waals surface area contributed by atoms with Gasteiger partial charge in [0, 0.05) is 25.3 Å². The number of anilines is 1. The molecule has 132 valence electrons. The summed E-state index contributed by atoms with van der Waals surface area (Å²) in [5, 5.41) is 0. The standard InChI is InChI=1S/C26H23N/c1-27(2)26-16-10-9-15-25(26)24-18-22(20-11-5-3-6-12-20)17-23(19-24)21-13-7-4-8-14-21/h3-19H,1-2H3. The van der Waals surface area contributed by atoms with E-state index in [0.29, 0.717) is 0 Å². The molecule has 0 fully saturated rings. The second-order valence-corrected chi connectivity index (χ2v) is 6.94. The molecular weight excluding hydrogens is 326 g/mol. The van der Waals surface area contributed by atoms with Gasteiger partial charge in [0.1, 0.15) is 0 Å². The van der Waals surface area contributed by atoms with Gasteiger partial charge in [0.05, 0.1) is 0 Å². The van der Waals surface area contributed by atoms with E-state index in [0.717, 1.165) is 0 Å². The highest BCUT2D eigenvalue weighted by Gasteiger charge is 2.11. The summed E-state index contributed by atoms with van der Waals surface area (Å²) in [5.74, 6) is 0. The summed E-state index contributed by atoms with van der Waals surface area (Å²) in [6, 6.07) is 36.7. The molecular formula is C26H23N. The van der Waals surface area contributed by atoms with Crippen molar-refractivity contribution in [3.63, 3.8) is 0 Å². The van der Waals surface area contributed by atoms with Crippen LogP contribution in [-0.4, -0.2) is 14.1 Å². The Bertz CT molecular complexity index is 976. The molecule has 0 aliphatic carbocycles. The first-order valence-electron chi connectivity index (χ1n) is 9.25. The van der Waals surface area contributed by atoms with Crippen molar-refractivity contribution in [1.82, 2.24) is 0 Å². The highest BCUT2D eigenvalue weighted by Crippen LogP contribution is 2.36. The van der Waals surface area contributed by atoms with Gasteiger partial charge >= 0.3 is 0 Å². The van der Waals surface area contributed by atoms with E-state index in [4.69, 9.17) is 0 Å². The lowest BCUT2D eigenvalue weighted by molar-refractivity contribution is 1.13. The molecule has 0 spiro atoms. The molecule has 0 unspecified atom stereocenters. The van der Waals surface area contributed by atoms with E-state index >= 15 is 0 Å². The minimum atomic E-state index is 1.22. The van der Waals surface area contributed by atoms with Crippen molar-refractivity contribution in [1.29, 1.82) is 0 Å². The molecule has 0 N–H and O–H groups in total. The molecule has 4 aromatic rings. The Morgan fingerprint density at radius 1 is 0.444 bits per heavy atom. The maximum atomic E-state index is 2.30. The lowest BCUT2D eigenvalue weighted by atomic mass is 9.92. The summed E-state index contributed by atoms with van der Waals surface area (Å²) >= 11 is 0. The second kappa shape index (κ2) is 7.51. The van der Waals surface area contributed by atoms with E-state index in [1.54, 1.807) is 0 Å².